The predicted octanol–water partition coefficient (Wildman–Crippen LogP) is 12.2. The molecule has 5 heteroatoms. The van der Waals surface area contributed by atoms with E-state index in [0.717, 1.165) is 77.2 Å². The van der Waals surface area contributed by atoms with E-state index < -0.39 is 0 Å². The van der Waals surface area contributed by atoms with Crippen LogP contribution >= 0.6 is 0 Å². The van der Waals surface area contributed by atoms with Crippen LogP contribution in [0.3, 0.4) is 0 Å². The summed E-state index contributed by atoms with van der Waals surface area (Å²) in [6.45, 7) is 15.8. The molecule has 5 nitrogen and oxygen atoms in total. The van der Waals surface area contributed by atoms with Gasteiger partial charge in [0.15, 0.2) is 11.4 Å². The van der Waals surface area contributed by atoms with Gasteiger partial charge in [-0.25, -0.2) is 9.69 Å². The molecule has 0 bridgehead atoms. The Kier molecular flexibility index (Phi) is 6.56. The summed E-state index contributed by atoms with van der Waals surface area (Å²) in [5.41, 5.74) is 11.8. The molecule has 9 aromatic rings. The average molecular weight is 636 g/mol. The molecule has 0 saturated heterocycles. The molecule has 0 atom stereocenters. The highest BCUT2D eigenvalue weighted by Crippen LogP contribution is 2.43. The van der Waals surface area contributed by atoms with Crippen LogP contribution < -0.4 is 0 Å². The van der Waals surface area contributed by atoms with Crippen LogP contribution in [0.5, 0.6) is 0 Å². The van der Waals surface area contributed by atoms with Crippen molar-refractivity contribution in [1.29, 1.82) is 5.26 Å². The first-order chi connectivity index (χ1) is 24.7. The molecule has 0 saturated carbocycles. The third-order valence-electron chi connectivity index (χ3n) is 9.58. The van der Waals surface area contributed by atoms with Gasteiger partial charge in [-0.05, 0) is 76.7 Å². The molecule has 0 unspecified atom stereocenters. The van der Waals surface area contributed by atoms with Crippen molar-refractivity contribution in [2.24, 2.45) is 0 Å². The summed E-state index contributed by atoms with van der Waals surface area (Å²) in [6, 6.07) is 53.4. The number of aromatic nitrogens is 2. The van der Waals surface area contributed by atoms with Gasteiger partial charge in [-0.3, -0.25) is 0 Å². The molecular weight excluding hydrogens is 611 g/mol. The van der Waals surface area contributed by atoms with Crippen LogP contribution in [0.4, 0.5) is 11.4 Å². The molecule has 50 heavy (non-hydrogen) atoms. The SMILES string of the molecule is [C-]#[N+]c1ccc(-c2ccccc2-c2cccc(-n3c4ccccc4c4cc(C#N)ccc43)c2)c(-n2c3ccccc3c3c([N+]#[C-])cccc32)c1. The van der Waals surface area contributed by atoms with Gasteiger partial charge < -0.3 is 9.13 Å². The van der Waals surface area contributed by atoms with E-state index in [1.807, 2.05) is 72.8 Å². The van der Waals surface area contributed by atoms with Crippen LogP contribution in [0.15, 0.2) is 152 Å². The van der Waals surface area contributed by atoms with Gasteiger partial charge in [0.25, 0.3) is 0 Å². The molecule has 0 radical (unpaired) electrons. The smallest absolute Gasteiger partial charge is 0.197 e. The molecule has 0 amide bonds. The summed E-state index contributed by atoms with van der Waals surface area (Å²) >= 11 is 0. The highest BCUT2D eigenvalue weighted by atomic mass is 15.0. The van der Waals surface area contributed by atoms with Crippen molar-refractivity contribution >= 4 is 55.0 Å². The molecule has 2 heterocycles. The second kappa shape index (κ2) is 11.4. The average Bonchev–Trinajstić information content (AvgIpc) is 3.70. The summed E-state index contributed by atoms with van der Waals surface area (Å²) in [6.07, 6.45) is 0. The molecule has 0 aliphatic rings. The van der Waals surface area contributed by atoms with Gasteiger partial charge in [0, 0.05) is 38.6 Å². The third-order valence-corrected chi connectivity index (χ3v) is 9.58. The number of nitriles is 1. The first-order valence-electron chi connectivity index (χ1n) is 16.2. The summed E-state index contributed by atoms with van der Waals surface area (Å²) in [7, 11) is 0. The lowest BCUT2D eigenvalue weighted by atomic mass is 9.93. The maximum Gasteiger partial charge on any atom is 0.197 e. The fourth-order valence-corrected chi connectivity index (χ4v) is 7.46. The van der Waals surface area contributed by atoms with Crippen molar-refractivity contribution in [3.8, 4) is 39.7 Å². The van der Waals surface area contributed by atoms with E-state index in [4.69, 9.17) is 13.1 Å². The van der Waals surface area contributed by atoms with E-state index in [9.17, 15) is 5.26 Å². The number of hydrogen-bond acceptors (Lipinski definition) is 1. The third kappa shape index (κ3) is 4.31. The first kappa shape index (κ1) is 28.8. The van der Waals surface area contributed by atoms with Gasteiger partial charge in [-0.15, -0.1) is 0 Å². The minimum absolute atomic E-state index is 0.543. The molecule has 0 N–H and O–H groups in total. The van der Waals surface area contributed by atoms with Crippen molar-refractivity contribution in [2.45, 2.75) is 0 Å². The van der Waals surface area contributed by atoms with Gasteiger partial charge in [-0.1, -0.05) is 97.1 Å². The second-order valence-electron chi connectivity index (χ2n) is 12.2. The Bertz CT molecular complexity index is 2970. The minimum Gasteiger partial charge on any atom is -0.311 e. The normalized spacial score (nSPS) is 11.1. The maximum absolute atomic E-state index is 9.63. The number of rotatable bonds is 4. The molecule has 0 aliphatic heterocycles. The van der Waals surface area contributed by atoms with Crippen LogP contribution in [0, 0.1) is 24.5 Å². The zero-order valence-corrected chi connectivity index (χ0v) is 26.7. The minimum atomic E-state index is 0.543. The fraction of sp³-hybridized carbons (Fsp3) is 0. The Morgan fingerprint density at radius 2 is 1.20 bits per heavy atom. The number of fused-ring (bicyclic) bond motifs is 6. The van der Waals surface area contributed by atoms with E-state index >= 15 is 0 Å². The van der Waals surface area contributed by atoms with E-state index in [-0.39, 0.29) is 0 Å². The maximum atomic E-state index is 9.63. The molecule has 230 valence electrons. The molecule has 0 aliphatic carbocycles. The quantitative estimate of drug-likeness (QED) is 0.177. The lowest BCUT2D eigenvalue weighted by Gasteiger charge is -2.18. The largest absolute Gasteiger partial charge is 0.311 e. The number of benzene rings is 7. The summed E-state index contributed by atoms with van der Waals surface area (Å²) < 4.78 is 4.46. The number of nitrogens with zero attached hydrogens (tertiary/aromatic N) is 5. The van der Waals surface area contributed by atoms with Crippen LogP contribution in [0.2, 0.25) is 0 Å². The highest BCUT2D eigenvalue weighted by molar-refractivity contribution is 6.16. The van der Waals surface area contributed by atoms with Crippen LogP contribution in [-0.4, -0.2) is 9.13 Å². The number of hydrogen-bond donors (Lipinski definition) is 0. The van der Waals surface area contributed by atoms with Gasteiger partial charge in [0.1, 0.15) is 0 Å². The lowest BCUT2D eigenvalue weighted by Crippen LogP contribution is -1.98. The Morgan fingerprint density at radius 1 is 0.500 bits per heavy atom. The lowest BCUT2D eigenvalue weighted by molar-refractivity contribution is 1.18. The molecule has 0 fully saturated rings. The van der Waals surface area contributed by atoms with Crippen molar-refractivity contribution in [1.82, 2.24) is 9.13 Å². The van der Waals surface area contributed by atoms with Gasteiger partial charge in [-0.2, -0.15) is 5.26 Å². The van der Waals surface area contributed by atoms with Crippen LogP contribution in [-0.2, 0) is 0 Å². The van der Waals surface area contributed by atoms with E-state index in [2.05, 4.69) is 104 Å². The summed E-state index contributed by atoms with van der Waals surface area (Å²) in [4.78, 5) is 7.69. The van der Waals surface area contributed by atoms with Crippen molar-refractivity contribution in [3.05, 3.63) is 180 Å². The fourth-order valence-electron chi connectivity index (χ4n) is 7.46. The van der Waals surface area contributed by atoms with Crippen LogP contribution in [0.1, 0.15) is 5.56 Å². The molecular formula is C45H25N5. The zero-order chi connectivity index (χ0) is 33.8. The van der Waals surface area contributed by atoms with E-state index in [0.29, 0.717) is 16.9 Å². The van der Waals surface area contributed by atoms with E-state index in [1.165, 1.54) is 0 Å². The first-order valence-corrected chi connectivity index (χ1v) is 16.2. The topological polar surface area (TPSA) is 42.4 Å². The number of para-hydroxylation sites is 2. The standard InChI is InChI=1S/C45H25N5/c1-47-31-22-23-36(44(27-31)50-41-19-8-6-16-37(41)45-39(48-2)17-10-20-43(45)50)34-14-4-3-13-33(34)30-11-9-12-32(26-30)49-40-18-7-5-15-35(40)38-25-29(28-46)21-24-42(38)49/h3-27H. The Balaban J connectivity index is 1.28. The molecule has 2 aromatic heterocycles. The van der Waals surface area contributed by atoms with Crippen molar-refractivity contribution < 1.29 is 0 Å². The monoisotopic (exact) mass is 635 g/mol. The zero-order valence-electron chi connectivity index (χ0n) is 26.7. The summed E-state index contributed by atoms with van der Waals surface area (Å²) in [5.74, 6) is 0. The Morgan fingerprint density at radius 3 is 2.00 bits per heavy atom. The van der Waals surface area contributed by atoms with Crippen molar-refractivity contribution in [2.75, 3.05) is 0 Å². The predicted molar refractivity (Wildman–Crippen MR) is 203 cm³/mol. The van der Waals surface area contributed by atoms with E-state index in [1.54, 1.807) is 0 Å². The van der Waals surface area contributed by atoms with Crippen LogP contribution in [0.25, 0.3) is 86.9 Å². The highest BCUT2D eigenvalue weighted by Gasteiger charge is 2.20. The second-order valence-corrected chi connectivity index (χ2v) is 12.2. The molecule has 9 rings (SSSR count). The Hall–Kier alpha value is -7.39. The van der Waals surface area contributed by atoms with Gasteiger partial charge in [0.05, 0.1) is 41.3 Å². The van der Waals surface area contributed by atoms with Crippen molar-refractivity contribution in [3.63, 3.8) is 0 Å². The van der Waals surface area contributed by atoms with Gasteiger partial charge in [0.2, 0.25) is 0 Å². The molecule has 0 spiro atoms. The van der Waals surface area contributed by atoms with Gasteiger partial charge >= 0.3 is 0 Å². The molecule has 7 aromatic carbocycles. The summed E-state index contributed by atoms with van der Waals surface area (Å²) in [5, 5.41) is 13.7. The Labute approximate surface area is 288 Å².